The van der Waals surface area contributed by atoms with Crippen LogP contribution in [-0.4, -0.2) is 36.5 Å². The summed E-state index contributed by atoms with van der Waals surface area (Å²) in [4.78, 5) is 15.0. The molecule has 1 aromatic rings. The molecule has 0 radical (unpaired) electrons. The second-order valence-corrected chi connectivity index (χ2v) is 4.40. The Hall–Kier alpha value is -1.38. The third-order valence-electron chi connectivity index (χ3n) is 1.98. The molecule has 0 amide bonds. The Morgan fingerprint density at radius 1 is 1.58 bits per heavy atom. The summed E-state index contributed by atoms with van der Waals surface area (Å²) in [5, 5.41) is 3.64. The average molecular weight is 300 g/mol. The molecule has 0 unspecified atom stereocenters. The predicted octanol–water partition coefficient (Wildman–Crippen LogP) is 2.56. The van der Waals surface area contributed by atoms with E-state index in [1.54, 1.807) is 6.92 Å². The molecule has 0 atom stereocenters. The summed E-state index contributed by atoms with van der Waals surface area (Å²) >= 11 is 0.954. The van der Waals surface area contributed by atoms with E-state index in [9.17, 15) is 22.4 Å². The van der Waals surface area contributed by atoms with E-state index in [4.69, 9.17) is 0 Å². The average Bonchev–Trinajstić information content (AvgIpc) is 2.74. The molecule has 0 spiro atoms. The zero-order chi connectivity index (χ0) is 14.5. The van der Waals surface area contributed by atoms with Crippen molar-refractivity contribution in [3.63, 3.8) is 0 Å². The molecular formula is C10H12F4N2O2S. The Balaban J connectivity index is 2.49. The van der Waals surface area contributed by atoms with E-state index in [2.05, 4.69) is 15.0 Å². The zero-order valence-corrected chi connectivity index (χ0v) is 10.8. The first-order valence-corrected chi connectivity index (χ1v) is 6.23. The number of halogens is 4. The highest BCUT2D eigenvalue weighted by atomic mass is 32.1. The molecule has 4 nitrogen and oxygen atoms in total. The summed E-state index contributed by atoms with van der Waals surface area (Å²) < 4.78 is 53.8. The van der Waals surface area contributed by atoms with E-state index in [1.165, 1.54) is 5.38 Å². The highest BCUT2D eigenvalue weighted by Gasteiger charge is 2.40. The molecule has 1 N–H and O–H groups in total. The lowest BCUT2D eigenvalue weighted by Gasteiger charge is -2.14. The number of esters is 1. The van der Waals surface area contributed by atoms with Gasteiger partial charge in [0.2, 0.25) is 0 Å². The molecule has 1 aromatic heterocycles. The van der Waals surface area contributed by atoms with E-state index in [0.717, 1.165) is 11.3 Å². The maximum absolute atomic E-state index is 12.6. The summed E-state index contributed by atoms with van der Waals surface area (Å²) in [6.07, 6.45) is -3.82. The van der Waals surface area contributed by atoms with Crippen molar-refractivity contribution in [2.45, 2.75) is 25.7 Å². The van der Waals surface area contributed by atoms with Crippen LogP contribution in [0.4, 0.5) is 22.7 Å². The highest BCUT2D eigenvalue weighted by molar-refractivity contribution is 7.13. The first-order valence-electron chi connectivity index (χ1n) is 5.35. The number of nitrogens with zero attached hydrogens (tertiary/aromatic N) is 1. The lowest BCUT2D eigenvalue weighted by molar-refractivity contribution is -0.142. The molecule has 0 fully saturated rings. The quantitative estimate of drug-likeness (QED) is 0.621. The van der Waals surface area contributed by atoms with Gasteiger partial charge in [-0.1, -0.05) is 0 Å². The minimum atomic E-state index is -4.12. The first-order chi connectivity index (χ1) is 8.85. The number of carbonyl (C=O) groups excluding carboxylic acids is 1. The van der Waals surface area contributed by atoms with Crippen LogP contribution >= 0.6 is 11.3 Å². The first kappa shape index (κ1) is 15.7. The monoisotopic (exact) mass is 300 g/mol. The van der Waals surface area contributed by atoms with Gasteiger partial charge in [-0.25, -0.2) is 13.8 Å². The number of alkyl halides is 4. The molecule has 19 heavy (non-hydrogen) atoms. The van der Waals surface area contributed by atoms with Gasteiger partial charge in [-0.3, -0.25) is 4.79 Å². The fourth-order valence-corrected chi connectivity index (χ4v) is 1.81. The maximum Gasteiger partial charge on any atom is 0.324 e. The Kier molecular flexibility index (Phi) is 5.52. The van der Waals surface area contributed by atoms with Gasteiger partial charge >= 0.3 is 18.3 Å². The van der Waals surface area contributed by atoms with Crippen LogP contribution in [0.25, 0.3) is 0 Å². The standard InChI is InChI=1S/C10H12F4N2O2S/c1-2-18-7(17)3-6-4-19-9(16-6)15-5-10(13,14)8(11)12/h4,8H,2-3,5H2,1H3,(H,15,16). The highest BCUT2D eigenvalue weighted by Crippen LogP contribution is 2.24. The lowest BCUT2D eigenvalue weighted by Crippen LogP contribution is -2.34. The van der Waals surface area contributed by atoms with Crippen LogP contribution < -0.4 is 5.32 Å². The van der Waals surface area contributed by atoms with E-state index in [-0.39, 0.29) is 18.2 Å². The van der Waals surface area contributed by atoms with E-state index < -0.39 is 24.9 Å². The third kappa shape index (κ3) is 5.01. The van der Waals surface area contributed by atoms with Crippen molar-refractivity contribution in [1.29, 1.82) is 0 Å². The van der Waals surface area contributed by atoms with Crippen molar-refractivity contribution in [3.8, 4) is 0 Å². The summed E-state index contributed by atoms with van der Waals surface area (Å²) in [6, 6.07) is 0. The summed E-state index contributed by atoms with van der Waals surface area (Å²) in [7, 11) is 0. The van der Waals surface area contributed by atoms with Crippen molar-refractivity contribution in [2.24, 2.45) is 0 Å². The molecule has 0 saturated carbocycles. The molecule has 1 heterocycles. The summed E-state index contributed by atoms with van der Waals surface area (Å²) in [6.45, 7) is 0.671. The second kappa shape index (κ2) is 6.69. The van der Waals surface area contributed by atoms with Crippen LogP contribution in [0.2, 0.25) is 0 Å². The Morgan fingerprint density at radius 3 is 2.84 bits per heavy atom. The SMILES string of the molecule is CCOC(=O)Cc1csc(NCC(F)(F)C(F)F)n1. The van der Waals surface area contributed by atoms with Crippen LogP contribution in [0.15, 0.2) is 5.38 Å². The van der Waals surface area contributed by atoms with Crippen LogP contribution in [-0.2, 0) is 16.0 Å². The molecule has 0 aliphatic heterocycles. The molecule has 0 aliphatic rings. The van der Waals surface area contributed by atoms with Crippen molar-refractivity contribution in [3.05, 3.63) is 11.1 Å². The number of anilines is 1. The Labute approximate surface area is 110 Å². The predicted molar refractivity (Wildman–Crippen MR) is 61.9 cm³/mol. The molecule has 0 saturated heterocycles. The molecule has 0 aromatic carbocycles. The van der Waals surface area contributed by atoms with Gasteiger partial charge in [0.15, 0.2) is 5.13 Å². The normalized spacial score (nSPS) is 11.7. The number of aromatic nitrogens is 1. The van der Waals surface area contributed by atoms with E-state index >= 15 is 0 Å². The second-order valence-electron chi connectivity index (χ2n) is 3.54. The molecule has 9 heteroatoms. The van der Waals surface area contributed by atoms with Crippen LogP contribution in [0.1, 0.15) is 12.6 Å². The number of rotatable bonds is 7. The number of carbonyl (C=O) groups is 1. The largest absolute Gasteiger partial charge is 0.466 e. The minimum Gasteiger partial charge on any atom is -0.466 e. The van der Waals surface area contributed by atoms with Gasteiger partial charge in [0.25, 0.3) is 0 Å². The van der Waals surface area contributed by atoms with Crippen LogP contribution in [0, 0.1) is 0 Å². The van der Waals surface area contributed by atoms with Gasteiger partial charge in [0, 0.05) is 5.38 Å². The number of ether oxygens (including phenoxy) is 1. The van der Waals surface area contributed by atoms with Crippen molar-refractivity contribution >= 4 is 22.4 Å². The van der Waals surface area contributed by atoms with Gasteiger partial charge < -0.3 is 10.1 Å². The fourth-order valence-electron chi connectivity index (χ4n) is 1.10. The van der Waals surface area contributed by atoms with Crippen molar-refractivity contribution in [1.82, 2.24) is 4.98 Å². The van der Waals surface area contributed by atoms with E-state index in [0.29, 0.717) is 5.69 Å². The molecule has 1 rings (SSSR count). The van der Waals surface area contributed by atoms with Gasteiger partial charge in [-0.2, -0.15) is 8.78 Å². The van der Waals surface area contributed by atoms with E-state index in [1.807, 2.05) is 0 Å². The fraction of sp³-hybridized carbons (Fsp3) is 0.600. The molecular weight excluding hydrogens is 288 g/mol. The molecule has 0 bridgehead atoms. The van der Waals surface area contributed by atoms with Crippen molar-refractivity contribution < 1.29 is 27.1 Å². The lowest BCUT2D eigenvalue weighted by atomic mass is 10.3. The minimum absolute atomic E-state index is 0.0552. The number of nitrogens with one attached hydrogen (secondary N) is 1. The number of hydrogen-bond donors (Lipinski definition) is 1. The Morgan fingerprint density at radius 2 is 2.26 bits per heavy atom. The zero-order valence-electron chi connectivity index (χ0n) is 9.96. The topological polar surface area (TPSA) is 51.2 Å². The smallest absolute Gasteiger partial charge is 0.324 e. The number of thiazole rings is 1. The molecule has 0 aliphatic carbocycles. The van der Waals surface area contributed by atoms with Gasteiger partial charge in [-0.05, 0) is 6.92 Å². The Bertz CT molecular complexity index is 425. The summed E-state index contributed by atoms with van der Waals surface area (Å²) in [5.74, 6) is -4.61. The van der Waals surface area contributed by atoms with Gasteiger partial charge in [0.05, 0.1) is 25.3 Å². The van der Waals surface area contributed by atoms with Crippen LogP contribution in [0.3, 0.4) is 0 Å². The van der Waals surface area contributed by atoms with Gasteiger partial charge in [-0.15, -0.1) is 11.3 Å². The summed E-state index contributed by atoms with van der Waals surface area (Å²) in [5.41, 5.74) is 0.339. The van der Waals surface area contributed by atoms with Crippen LogP contribution in [0.5, 0.6) is 0 Å². The number of hydrogen-bond acceptors (Lipinski definition) is 5. The van der Waals surface area contributed by atoms with Crippen molar-refractivity contribution in [2.75, 3.05) is 18.5 Å². The van der Waals surface area contributed by atoms with Gasteiger partial charge in [0.1, 0.15) is 0 Å². The third-order valence-corrected chi connectivity index (χ3v) is 2.83. The maximum atomic E-state index is 12.6. The molecule has 108 valence electrons.